The molecule has 0 aliphatic carbocycles. The van der Waals surface area contributed by atoms with Gasteiger partial charge in [0.15, 0.2) is 0 Å². The van der Waals surface area contributed by atoms with E-state index in [1.165, 1.54) is 5.75 Å². The van der Waals surface area contributed by atoms with Crippen molar-refractivity contribution in [2.75, 3.05) is 17.4 Å². The third-order valence-corrected chi connectivity index (χ3v) is 7.37. The molecule has 2 saturated heterocycles. The second kappa shape index (κ2) is 3.81. The van der Waals surface area contributed by atoms with E-state index in [4.69, 9.17) is 16.3 Å². The molecule has 12 heavy (non-hydrogen) atoms. The molecule has 0 radical (unpaired) electrons. The minimum absolute atomic E-state index is 0.00102. The molecule has 2 aliphatic rings. The van der Waals surface area contributed by atoms with Gasteiger partial charge in [-0.25, -0.2) is 0 Å². The molecule has 3 atom stereocenters. The number of thioether (sulfide) groups is 3. The van der Waals surface area contributed by atoms with Crippen molar-refractivity contribution in [1.29, 1.82) is 0 Å². The minimum atomic E-state index is -0.00102. The van der Waals surface area contributed by atoms with Crippen LogP contribution in [-0.4, -0.2) is 32.3 Å². The molecule has 0 saturated carbocycles. The highest BCUT2D eigenvalue weighted by Crippen LogP contribution is 2.59. The molecule has 0 aromatic rings. The van der Waals surface area contributed by atoms with Gasteiger partial charge in [0.05, 0.1) is 6.10 Å². The minimum Gasteiger partial charge on any atom is -0.341 e. The zero-order valence-electron chi connectivity index (χ0n) is 6.79. The van der Waals surface area contributed by atoms with E-state index >= 15 is 0 Å². The first-order valence-electron chi connectivity index (χ1n) is 3.93. The van der Waals surface area contributed by atoms with E-state index in [1.54, 1.807) is 0 Å². The van der Waals surface area contributed by atoms with Crippen molar-refractivity contribution in [2.24, 2.45) is 0 Å². The molecule has 0 amide bonds. The molecule has 0 aromatic carbocycles. The Kier molecular flexibility index (Phi) is 3.13. The monoisotopic (exact) mass is 242 g/mol. The van der Waals surface area contributed by atoms with Crippen LogP contribution < -0.4 is 0 Å². The molecular formula is C7H11ClOS3. The number of halogens is 1. The van der Waals surface area contributed by atoms with Gasteiger partial charge in [0.25, 0.3) is 0 Å². The first-order valence-corrected chi connectivity index (χ1v) is 7.32. The van der Waals surface area contributed by atoms with Gasteiger partial charge >= 0.3 is 0 Å². The molecule has 1 spiro atoms. The molecular weight excluding hydrogens is 232 g/mol. The van der Waals surface area contributed by atoms with Gasteiger partial charge in [-0.15, -0.1) is 46.9 Å². The first-order chi connectivity index (χ1) is 5.74. The average molecular weight is 243 g/mol. The second-order valence-electron chi connectivity index (χ2n) is 2.94. The lowest BCUT2D eigenvalue weighted by molar-refractivity contribution is 0.109. The van der Waals surface area contributed by atoms with E-state index in [1.807, 2.05) is 35.3 Å². The largest absolute Gasteiger partial charge is 0.341 e. The molecule has 70 valence electrons. The number of hydrogen-bond donors (Lipinski definition) is 0. The summed E-state index contributed by atoms with van der Waals surface area (Å²) in [6, 6.07) is 0. The Hall–Kier alpha value is 1.30. The van der Waals surface area contributed by atoms with Crippen molar-refractivity contribution in [3.63, 3.8) is 0 Å². The number of hydrogen-bond acceptors (Lipinski definition) is 4. The Bertz CT molecular complexity index is 180. The van der Waals surface area contributed by atoms with Crippen LogP contribution in [0.3, 0.4) is 0 Å². The SMILES string of the molecule is CC1CS[C@@]2(OC(CCl)CS2)S1. The van der Waals surface area contributed by atoms with Crippen molar-refractivity contribution in [3.8, 4) is 0 Å². The molecule has 2 fully saturated rings. The molecule has 0 bridgehead atoms. The molecule has 2 aliphatic heterocycles. The summed E-state index contributed by atoms with van der Waals surface area (Å²) >= 11 is 11.5. The van der Waals surface area contributed by atoms with Gasteiger partial charge in [0, 0.05) is 22.6 Å². The lowest BCUT2D eigenvalue weighted by Crippen LogP contribution is -2.18. The summed E-state index contributed by atoms with van der Waals surface area (Å²) in [6.45, 7) is 2.25. The van der Waals surface area contributed by atoms with Crippen LogP contribution in [0.4, 0.5) is 0 Å². The van der Waals surface area contributed by atoms with Crippen LogP contribution in [0.5, 0.6) is 0 Å². The first kappa shape index (κ1) is 9.84. The summed E-state index contributed by atoms with van der Waals surface area (Å²) in [7, 11) is 0. The molecule has 2 rings (SSSR count). The van der Waals surface area contributed by atoms with Crippen LogP contribution >= 0.6 is 46.9 Å². The van der Waals surface area contributed by atoms with Crippen LogP contribution in [-0.2, 0) is 4.74 Å². The summed E-state index contributed by atoms with van der Waals surface area (Å²) in [5, 5.41) is 0.719. The highest BCUT2D eigenvalue weighted by atomic mass is 35.5. The van der Waals surface area contributed by atoms with Crippen molar-refractivity contribution >= 4 is 46.9 Å². The van der Waals surface area contributed by atoms with Crippen LogP contribution in [0, 0.1) is 0 Å². The maximum atomic E-state index is 5.89. The molecule has 2 unspecified atom stereocenters. The van der Waals surface area contributed by atoms with Gasteiger partial charge in [-0.05, 0) is 0 Å². The molecule has 5 heteroatoms. The van der Waals surface area contributed by atoms with Gasteiger partial charge < -0.3 is 4.74 Å². The predicted molar refractivity (Wildman–Crippen MR) is 60.3 cm³/mol. The Labute approximate surface area is 90.7 Å². The topological polar surface area (TPSA) is 9.23 Å². The summed E-state index contributed by atoms with van der Waals surface area (Å²) in [4.78, 5) is 0. The summed E-state index contributed by atoms with van der Waals surface area (Å²) in [5.74, 6) is 2.88. The lowest BCUT2D eigenvalue weighted by atomic mass is 10.5. The number of rotatable bonds is 1. The number of alkyl halides is 1. The smallest absolute Gasteiger partial charge is 0.209 e. The van der Waals surface area contributed by atoms with Crippen LogP contribution in [0.1, 0.15) is 6.92 Å². The number of ether oxygens (including phenoxy) is 1. The highest BCUT2D eigenvalue weighted by molar-refractivity contribution is 8.35. The summed E-state index contributed by atoms with van der Waals surface area (Å²) in [5.41, 5.74) is 0. The van der Waals surface area contributed by atoms with E-state index in [0.29, 0.717) is 5.88 Å². The van der Waals surface area contributed by atoms with Gasteiger partial charge in [-0.3, -0.25) is 0 Å². The van der Waals surface area contributed by atoms with Gasteiger partial charge in [-0.1, -0.05) is 6.92 Å². The third kappa shape index (κ3) is 1.87. The van der Waals surface area contributed by atoms with Crippen molar-refractivity contribution in [3.05, 3.63) is 0 Å². The fourth-order valence-electron chi connectivity index (χ4n) is 1.21. The van der Waals surface area contributed by atoms with Crippen molar-refractivity contribution in [2.45, 2.75) is 21.9 Å². The van der Waals surface area contributed by atoms with E-state index in [0.717, 1.165) is 11.0 Å². The molecule has 2 heterocycles. The van der Waals surface area contributed by atoms with Crippen molar-refractivity contribution < 1.29 is 4.74 Å². The quantitative estimate of drug-likeness (QED) is 0.654. The molecule has 1 nitrogen and oxygen atoms in total. The fraction of sp³-hybridized carbons (Fsp3) is 1.00. The molecule has 0 aromatic heterocycles. The van der Waals surface area contributed by atoms with E-state index in [-0.39, 0.29) is 9.70 Å². The Morgan fingerprint density at radius 3 is 2.75 bits per heavy atom. The fourth-order valence-corrected chi connectivity index (χ4v) is 6.78. The third-order valence-electron chi connectivity index (χ3n) is 1.77. The van der Waals surface area contributed by atoms with Crippen molar-refractivity contribution in [1.82, 2.24) is 0 Å². The van der Waals surface area contributed by atoms with Gasteiger partial charge in [0.2, 0.25) is 3.60 Å². The summed E-state index contributed by atoms with van der Waals surface area (Å²) in [6.07, 6.45) is 0.266. The van der Waals surface area contributed by atoms with Crippen LogP contribution in [0.2, 0.25) is 0 Å². The molecule has 0 N–H and O–H groups in total. The van der Waals surface area contributed by atoms with Crippen LogP contribution in [0.15, 0.2) is 0 Å². The van der Waals surface area contributed by atoms with E-state index in [2.05, 4.69) is 6.92 Å². The maximum Gasteiger partial charge on any atom is 0.209 e. The predicted octanol–water partition coefficient (Wildman–Crippen LogP) is 2.84. The van der Waals surface area contributed by atoms with Gasteiger partial charge in [0.1, 0.15) is 0 Å². The normalized spacial score (nSPS) is 47.5. The summed E-state index contributed by atoms with van der Waals surface area (Å²) < 4.78 is 5.89. The average Bonchev–Trinajstić information content (AvgIpc) is 2.61. The lowest BCUT2D eigenvalue weighted by Gasteiger charge is -2.20. The second-order valence-corrected chi connectivity index (χ2v) is 8.04. The Morgan fingerprint density at radius 2 is 2.25 bits per heavy atom. The highest BCUT2D eigenvalue weighted by Gasteiger charge is 2.47. The Morgan fingerprint density at radius 1 is 1.50 bits per heavy atom. The zero-order chi connectivity index (χ0) is 8.60. The van der Waals surface area contributed by atoms with Gasteiger partial charge in [-0.2, -0.15) is 0 Å². The van der Waals surface area contributed by atoms with Crippen LogP contribution in [0.25, 0.3) is 0 Å². The van der Waals surface area contributed by atoms with E-state index in [9.17, 15) is 0 Å². The standard InChI is InChI=1S/C7H11ClOS3/c1-5-3-10-7(12-5)9-6(2-8)4-11-7/h5-6H,2-4H2,1H3/t5?,6?,7-/m1/s1. The Balaban J connectivity index is 1.97. The maximum absolute atomic E-state index is 5.89. The zero-order valence-corrected chi connectivity index (χ0v) is 9.99. The van der Waals surface area contributed by atoms with E-state index < -0.39 is 0 Å².